The third kappa shape index (κ3) is 4.06. The maximum atomic E-state index is 4.60. The van der Waals surface area contributed by atoms with Crippen LogP contribution in [-0.4, -0.2) is 23.5 Å². The Hall–Kier alpha value is -0.180. The molecule has 0 spiro atoms. The molecular weight excluding hydrogens is 204 g/mol. The van der Waals surface area contributed by atoms with E-state index in [1.54, 1.807) is 0 Å². The lowest BCUT2D eigenvalue weighted by Crippen LogP contribution is -2.42. The second-order valence-corrected chi connectivity index (χ2v) is 7.27. The summed E-state index contributed by atoms with van der Waals surface area (Å²) in [4.78, 5) is 4.60. The van der Waals surface area contributed by atoms with E-state index in [9.17, 15) is 0 Å². The summed E-state index contributed by atoms with van der Waals surface area (Å²) in [7, 11) is 0. The number of amidine groups is 1. The summed E-state index contributed by atoms with van der Waals surface area (Å²) >= 11 is 1.85. The van der Waals surface area contributed by atoms with E-state index in [-0.39, 0.29) is 5.41 Å². The van der Waals surface area contributed by atoms with E-state index < -0.39 is 0 Å². The van der Waals surface area contributed by atoms with E-state index in [0.717, 1.165) is 17.5 Å². The molecule has 3 heteroatoms. The van der Waals surface area contributed by atoms with Crippen LogP contribution in [0.4, 0.5) is 0 Å². The molecular formula is C12H24N2S. The van der Waals surface area contributed by atoms with Gasteiger partial charge in [-0.1, -0.05) is 46.4 Å². The summed E-state index contributed by atoms with van der Waals surface area (Å²) in [6, 6.07) is 0.463. The number of nitrogens with zero attached hydrogens (tertiary/aromatic N) is 1. The summed E-state index contributed by atoms with van der Waals surface area (Å²) in [5.41, 5.74) is 0.650. The SMILES string of the molecule is CC(NC1=NCC(C)(C)CS1)C(C)(C)C. The van der Waals surface area contributed by atoms with Crippen molar-refractivity contribution in [3.05, 3.63) is 0 Å². The molecule has 1 heterocycles. The highest BCUT2D eigenvalue weighted by atomic mass is 32.2. The molecule has 0 amide bonds. The van der Waals surface area contributed by atoms with Crippen LogP contribution in [0.3, 0.4) is 0 Å². The van der Waals surface area contributed by atoms with E-state index in [4.69, 9.17) is 0 Å². The topological polar surface area (TPSA) is 24.4 Å². The zero-order chi connectivity index (χ0) is 11.7. The Morgan fingerprint density at radius 2 is 2.00 bits per heavy atom. The van der Waals surface area contributed by atoms with Gasteiger partial charge in [0.15, 0.2) is 5.17 Å². The molecule has 1 atom stereocenters. The van der Waals surface area contributed by atoms with Crippen molar-refractivity contribution in [2.75, 3.05) is 12.3 Å². The fourth-order valence-corrected chi connectivity index (χ4v) is 2.16. The van der Waals surface area contributed by atoms with Crippen molar-refractivity contribution >= 4 is 16.9 Å². The first-order chi connectivity index (χ1) is 6.71. The van der Waals surface area contributed by atoms with Gasteiger partial charge in [-0.15, -0.1) is 0 Å². The summed E-state index contributed by atoms with van der Waals surface area (Å²) in [5, 5.41) is 4.63. The lowest BCUT2D eigenvalue weighted by atomic mass is 9.88. The molecule has 0 bridgehead atoms. The molecule has 0 aromatic rings. The first-order valence-electron chi connectivity index (χ1n) is 5.64. The van der Waals surface area contributed by atoms with E-state index >= 15 is 0 Å². The van der Waals surface area contributed by atoms with Gasteiger partial charge in [-0.2, -0.15) is 0 Å². The van der Waals surface area contributed by atoms with Gasteiger partial charge in [-0.3, -0.25) is 4.99 Å². The van der Waals surface area contributed by atoms with Gasteiger partial charge in [-0.05, 0) is 17.8 Å². The Bertz CT molecular complexity index is 251. The third-order valence-corrected chi connectivity index (χ3v) is 4.34. The predicted octanol–water partition coefficient (Wildman–Crippen LogP) is 3.14. The minimum absolute atomic E-state index is 0.288. The quantitative estimate of drug-likeness (QED) is 0.745. The molecule has 2 nitrogen and oxygen atoms in total. The van der Waals surface area contributed by atoms with Crippen LogP contribution in [0.1, 0.15) is 41.5 Å². The van der Waals surface area contributed by atoms with Crippen molar-refractivity contribution < 1.29 is 0 Å². The van der Waals surface area contributed by atoms with Crippen LogP contribution >= 0.6 is 11.8 Å². The summed E-state index contributed by atoms with van der Waals surface area (Å²) in [6.07, 6.45) is 0. The molecule has 0 saturated heterocycles. The monoisotopic (exact) mass is 228 g/mol. The van der Waals surface area contributed by atoms with Crippen molar-refractivity contribution in [3.63, 3.8) is 0 Å². The summed E-state index contributed by atoms with van der Waals surface area (Å²) in [5.74, 6) is 1.16. The average Bonchev–Trinajstić information content (AvgIpc) is 2.07. The molecule has 15 heavy (non-hydrogen) atoms. The van der Waals surface area contributed by atoms with Crippen molar-refractivity contribution in [2.45, 2.75) is 47.6 Å². The largest absolute Gasteiger partial charge is 0.362 e. The smallest absolute Gasteiger partial charge is 0.156 e. The molecule has 0 fully saturated rings. The lowest BCUT2D eigenvalue weighted by Gasteiger charge is -2.33. The number of hydrogen-bond acceptors (Lipinski definition) is 3. The minimum atomic E-state index is 0.288. The highest BCUT2D eigenvalue weighted by molar-refractivity contribution is 8.13. The molecule has 0 radical (unpaired) electrons. The van der Waals surface area contributed by atoms with Gasteiger partial charge in [0.05, 0.1) is 0 Å². The lowest BCUT2D eigenvalue weighted by molar-refractivity contribution is 0.316. The second kappa shape index (κ2) is 4.36. The molecule has 1 N–H and O–H groups in total. The van der Waals surface area contributed by atoms with Crippen LogP contribution in [0.5, 0.6) is 0 Å². The first-order valence-corrected chi connectivity index (χ1v) is 6.63. The van der Waals surface area contributed by atoms with E-state index in [2.05, 4.69) is 51.9 Å². The van der Waals surface area contributed by atoms with Gasteiger partial charge in [0, 0.05) is 18.3 Å². The highest BCUT2D eigenvalue weighted by Crippen LogP contribution is 2.28. The molecule has 0 aromatic carbocycles. The number of thioether (sulfide) groups is 1. The van der Waals surface area contributed by atoms with Crippen molar-refractivity contribution in [3.8, 4) is 0 Å². The van der Waals surface area contributed by atoms with Crippen molar-refractivity contribution in [1.29, 1.82) is 0 Å². The molecule has 0 saturated carbocycles. The van der Waals surface area contributed by atoms with Crippen molar-refractivity contribution in [2.24, 2.45) is 15.8 Å². The van der Waals surface area contributed by atoms with Crippen LogP contribution in [0.25, 0.3) is 0 Å². The molecule has 1 aliphatic heterocycles. The molecule has 0 aliphatic carbocycles. The Morgan fingerprint density at radius 1 is 1.40 bits per heavy atom. The van der Waals surface area contributed by atoms with Gasteiger partial charge in [0.1, 0.15) is 0 Å². The summed E-state index contributed by atoms with van der Waals surface area (Å²) < 4.78 is 0. The first kappa shape index (κ1) is 12.9. The average molecular weight is 228 g/mol. The van der Waals surface area contributed by atoms with E-state index in [1.165, 1.54) is 0 Å². The van der Waals surface area contributed by atoms with Gasteiger partial charge < -0.3 is 5.32 Å². The second-order valence-electron chi connectivity index (χ2n) is 6.31. The Kier molecular flexibility index (Phi) is 3.75. The van der Waals surface area contributed by atoms with Crippen LogP contribution in [0.15, 0.2) is 4.99 Å². The molecule has 1 rings (SSSR count). The van der Waals surface area contributed by atoms with Gasteiger partial charge >= 0.3 is 0 Å². The maximum absolute atomic E-state index is 4.60. The zero-order valence-electron chi connectivity index (χ0n) is 10.8. The van der Waals surface area contributed by atoms with Gasteiger partial charge in [0.25, 0.3) is 0 Å². The maximum Gasteiger partial charge on any atom is 0.156 e. The minimum Gasteiger partial charge on any atom is -0.362 e. The molecule has 1 unspecified atom stereocenters. The van der Waals surface area contributed by atoms with E-state index in [0.29, 0.717) is 11.5 Å². The van der Waals surface area contributed by atoms with Crippen LogP contribution < -0.4 is 5.32 Å². The third-order valence-electron chi connectivity index (χ3n) is 2.89. The summed E-state index contributed by atoms with van der Waals surface area (Å²) in [6.45, 7) is 14.5. The fraction of sp³-hybridized carbons (Fsp3) is 0.917. The number of aliphatic imine (C=N–C) groups is 1. The molecule has 1 aliphatic rings. The highest BCUT2D eigenvalue weighted by Gasteiger charge is 2.26. The van der Waals surface area contributed by atoms with Gasteiger partial charge in [0.2, 0.25) is 0 Å². The van der Waals surface area contributed by atoms with E-state index in [1.807, 2.05) is 11.8 Å². The number of hydrogen-bond donors (Lipinski definition) is 1. The normalized spacial score (nSPS) is 23.2. The Morgan fingerprint density at radius 3 is 2.40 bits per heavy atom. The van der Waals surface area contributed by atoms with Crippen LogP contribution in [-0.2, 0) is 0 Å². The number of nitrogens with one attached hydrogen (secondary N) is 1. The van der Waals surface area contributed by atoms with Gasteiger partial charge in [-0.25, -0.2) is 0 Å². The zero-order valence-corrected chi connectivity index (χ0v) is 11.7. The van der Waals surface area contributed by atoms with Crippen LogP contribution in [0.2, 0.25) is 0 Å². The fourth-order valence-electron chi connectivity index (χ4n) is 1.13. The van der Waals surface area contributed by atoms with Crippen molar-refractivity contribution in [1.82, 2.24) is 5.32 Å². The van der Waals surface area contributed by atoms with Crippen LogP contribution in [0, 0.1) is 10.8 Å². The molecule has 88 valence electrons. The predicted molar refractivity (Wildman–Crippen MR) is 70.6 cm³/mol. The standard InChI is InChI=1S/C12H24N2S/c1-9(11(2,3)4)14-10-13-7-12(5,6)8-15-10/h9H,7-8H2,1-6H3,(H,13,14). The number of rotatable bonds is 1. The molecule has 0 aromatic heterocycles. The Balaban J connectivity index is 2.51. The Labute approximate surface area is 98.3 Å².